The van der Waals surface area contributed by atoms with E-state index >= 15 is 0 Å². The number of nitrogens with zero attached hydrogens (tertiary/aromatic N) is 1. The number of hydrogen-bond donors (Lipinski definition) is 2. The molecular weight excluding hydrogens is 407 g/mol. The van der Waals surface area contributed by atoms with Crippen LogP contribution in [-0.2, 0) is 16.1 Å². The molecule has 0 spiro atoms. The Labute approximate surface area is 175 Å². The fourth-order valence-electron chi connectivity index (χ4n) is 3.56. The van der Waals surface area contributed by atoms with Crippen molar-refractivity contribution in [3.63, 3.8) is 0 Å². The molecule has 1 unspecified atom stereocenters. The van der Waals surface area contributed by atoms with Gasteiger partial charge in [0, 0.05) is 25.2 Å². The molecule has 5 nitrogen and oxygen atoms in total. The molecule has 29 heavy (non-hydrogen) atoms. The number of carbonyl (C=O) groups is 2. The maximum absolute atomic E-state index is 12.7. The van der Waals surface area contributed by atoms with Crippen LogP contribution in [-0.4, -0.2) is 42.5 Å². The lowest BCUT2D eigenvalue weighted by Crippen LogP contribution is -2.40. The first-order valence-corrected chi connectivity index (χ1v) is 9.66. The van der Waals surface area contributed by atoms with Crippen molar-refractivity contribution >= 4 is 29.9 Å². The number of amides is 2. The van der Waals surface area contributed by atoms with Crippen LogP contribution < -0.4 is 10.6 Å². The van der Waals surface area contributed by atoms with E-state index in [0.717, 1.165) is 30.8 Å². The van der Waals surface area contributed by atoms with Gasteiger partial charge in [-0.1, -0.05) is 19.1 Å². The highest BCUT2D eigenvalue weighted by atomic mass is 35.5. The number of carbonyl (C=O) groups excluding carboxylic acids is 2. The highest BCUT2D eigenvalue weighted by Gasteiger charge is 2.41. The number of rotatable bonds is 7. The zero-order valence-electron chi connectivity index (χ0n) is 16.7. The number of nitrogens with one attached hydrogen (secondary N) is 2. The molecule has 0 bridgehead atoms. The lowest BCUT2D eigenvalue weighted by molar-refractivity contribution is -0.185. The molecule has 1 aromatic rings. The molecule has 1 aromatic carbocycles. The van der Waals surface area contributed by atoms with Crippen LogP contribution in [0.1, 0.15) is 38.7 Å². The molecule has 1 saturated heterocycles. The molecule has 0 aromatic heterocycles. The van der Waals surface area contributed by atoms with Gasteiger partial charge in [-0.3, -0.25) is 9.59 Å². The summed E-state index contributed by atoms with van der Waals surface area (Å²) in [6.07, 6.45) is -2.37. The van der Waals surface area contributed by atoms with E-state index in [4.69, 9.17) is 0 Å². The second kappa shape index (κ2) is 11.4. The Morgan fingerprint density at radius 3 is 2.52 bits per heavy atom. The van der Waals surface area contributed by atoms with Crippen molar-refractivity contribution < 1.29 is 22.8 Å². The maximum atomic E-state index is 12.7. The van der Waals surface area contributed by atoms with Gasteiger partial charge in [-0.25, -0.2) is 0 Å². The van der Waals surface area contributed by atoms with Crippen molar-refractivity contribution in [1.29, 1.82) is 0 Å². The smallest absolute Gasteiger partial charge is 0.331 e. The van der Waals surface area contributed by atoms with E-state index in [0.29, 0.717) is 23.6 Å². The lowest BCUT2D eigenvalue weighted by Gasteiger charge is -2.27. The van der Waals surface area contributed by atoms with Crippen LogP contribution >= 0.6 is 12.4 Å². The van der Waals surface area contributed by atoms with Crippen LogP contribution in [0.25, 0.3) is 0 Å². The summed E-state index contributed by atoms with van der Waals surface area (Å²) in [6, 6.07) is 6.60. The Hall–Kier alpha value is -1.80. The number of benzene rings is 1. The molecule has 1 aliphatic rings. The molecular formula is C20H29ClF3N3O2. The third kappa shape index (κ3) is 7.85. The van der Waals surface area contributed by atoms with E-state index in [1.54, 1.807) is 24.3 Å². The normalized spacial score (nSPS) is 15.9. The molecule has 0 saturated carbocycles. The summed E-state index contributed by atoms with van der Waals surface area (Å²) >= 11 is 0. The number of halogens is 4. The highest BCUT2D eigenvalue weighted by molar-refractivity contribution is 5.91. The van der Waals surface area contributed by atoms with E-state index in [1.807, 2.05) is 0 Å². The second-order valence-electron chi connectivity index (χ2n) is 7.33. The SMILES string of the molecule is CCN(Cc1cccc(NC(=O)CC(C)C2CCNCC2)c1)C(=O)C(F)(F)F.Cl. The number of hydrogen-bond acceptors (Lipinski definition) is 3. The van der Waals surface area contributed by atoms with Gasteiger partial charge in [-0.15, -0.1) is 12.4 Å². The fraction of sp³-hybridized carbons (Fsp3) is 0.600. The van der Waals surface area contributed by atoms with Crippen molar-refractivity contribution in [3.05, 3.63) is 29.8 Å². The first kappa shape index (κ1) is 25.2. The predicted molar refractivity (Wildman–Crippen MR) is 109 cm³/mol. The second-order valence-corrected chi connectivity index (χ2v) is 7.33. The van der Waals surface area contributed by atoms with Crippen LogP contribution in [0.15, 0.2) is 24.3 Å². The number of piperidine rings is 1. The van der Waals surface area contributed by atoms with Gasteiger partial charge in [-0.05, 0) is 62.4 Å². The van der Waals surface area contributed by atoms with Gasteiger partial charge in [0.1, 0.15) is 0 Å². The third-order valence-corrected chi connectivity index (χ3v) is 5.19. The summed E-state index contributed by atoms with van der Waals surface area (Å²) in [6.45, 7) is 5.31. The van der Waals surface area contributed by atoms with Gasteiger partial charge in [0.25, 0.3) is 0 Å². The number of alkyl halides is 3. The van der Waals surface area contributed by atoms with Crippen LogP contribution in [0.2, 0.25) is 0 Å². The van der Waals surface area contributed by atoms with Gasteiger partial charge in [0.05, 0.1) is 0 Å². The van der Waals surface area contributed by atoms with Crippen LogP contribution in [0.5, 0.6) is 0 Å². The summed E-state index contributed by atoms with van der Waals surface area (Å²) in [7, 11) is 0. The Morgan fingerprint density at radius 1 is 1.28 bits per heavy atom. The van der Waals surface area contributed by atoms with Gasteiger partial charge in [0.15, 0.2) is 0 Å². The summed E-state index contributed by atoms with van der Waals surface area (Å²) in [4.78, 5) is 24.6. The van der Waals surface area contributed by atoms with Crippen LogP contribution in [0, 0.1) is 11.8 Å². The average molecular weight is 436 g/mol. The van der Waals surface area contributed by atoms with E-state index in [9.17, 15) is 22.8 Å². The minimum atomic E-state index is -4.90. The maximum Gasteiger partial charge on any atom is 0.471 e. The minimum absolute atomic E-state index is 0. The van der Waals surface area contributed by atoms with Crippen molar-refractivity contribution in [2.45, 2.75) is 45.8 Å². The van der Waals surface area contributed by atoms with E-state index in [-0.39, 0.29) is 37.3 Å². The molecule has 0 radical (unpaired) electrons. The van der Waals surface area contributed by atoms with Crippen molar-refractivity contribution in [1.82, 2.24) is 10.2 Å². The molecule has 9 heteroatoms. The Bertz CT molecular complexity index is 679. The third-order valence-electron chi connectivity index (χ3n) is 5.19. The molecule has 1 atom stereocenters. The Kier molecular flexibility index (Phi) is 9.92. The number of anilines is 1. The summed E-state index contributed by atoms with van der Waals surface area (Å²) in [5.74, 6) is -1.18. The van der Waals surface area contributed by atoms with E-state index in [2.05, 4.69) is 17.6 Å². The quantitative estimate of drug-likeness (QED) is 0.681. The fourth-order valence-corrected chi connectivity index (χ4v) is 3.56. The van der Waals surface area contributed by atoms with Gasteiger partial charge in [-0.2, -0.15) is 13.2 Å². The molecule has 0 aliphatic carbocycles. The van der Waals surface area contributed by atoms with Gasteiger partial charge < -0.3 is 15.5 Å². The van der Waals surface area contributed by atoms with Gasteiger partial charge in [0.2, 0.25) is 5.91 Å². The zero-order valence-corrected chi connectivity index (χ0v) is 17.5. The minimum Gasteiger partial charge on any atom is -0.331 e. The van der Waals surface area contributed by atoms with Gasteiger partial charge >= 0.3 is 12.1 Å². The Balaban J connectivity index is 0.00000420. The zero-order chi connectivity index (χ0) is 20.7. The summed E-state index contributed by atoms with van der Waals surface area (Å²) < 4.78 is 38.0. The monoisotopic (exact) mass is 435 g/mol. The van der Waals surface area contributed by atoms with Crippen LogP contribution in [0.3, 0.4) is 0 Å². The standard InChI is InChI=1S/C20H28F3N3O2.ClH/c1-3-26(19(28)20(21,22)23)13-15-5-4-6-17(12-15)25-18(27)11-14(2)16-7-9-24-10-8-16;/h4-6,12,14,16,24H,3,7-11,13H2,1-2H3,(H,25,27);1H. The largest absolute Gasteiger partial charge is 0.471 e. The Morgan fingerprint density at radius 2 is 1.93 bits per heavy atom. The van der Waals surface area contributed by atoms with E-state index < -0.39 is 12.1 Å². The molecule has 1 fully saturated rings. The molecule has 1 heterocycles. The highest BCUT2D eigenvalue weighted by Crippen LogP contribution is 2.25. The molecule has 2 rings (SSSR count). The molecule has 164 valence electrons. The summed E-state index contributed by atoms with van der Waals surface area (Å²) in [5.41, 5.74) is 1.05. The van der Waals surface area contributed by atoms with Crippen molar-refractivity contribution in [3.8, 4) is 0 Å². The molecule has 2 N–H and O–H groups in total. The predicted octanol–water partition coefficient (Wildman–Crippen LogP) is 3.98. The van der Waals surface area contributed by atoms with Crippen LogP contribution in [0.4, 0.5) is 18.9 Å². The summed E-state index contributed by atoms with van der Waals surface area (Å²) in [5, 5.41) is 6.13. The first-order valence-electron chi connectivity index (χ1n) is 9.66. The van der Waals surface area contributed by atoms with Crippen molar-refractivity contribution in [2.75, 3.05) is 25.0 Å². The average Bonchev–Trinajstić information content (AvgIpc) is 2.65. The molecule has 1 aliphatic heterocycles. The first-order chi connectivity index (χ1) is 13.2. The van der Waals surface area contributed by atoms with E-state index in [1.165, 1.54) is 6.92 Å². The molecule has 2 amide bonds. The lowest BCUT2D eigenvalue weighted by atomic mass is 9.84. The van der Waals surface area contributed by atoms with Crippen molar-refractivity contribution in [2.24, 2.45) is 11.8 Å². The topological polar surface area (TPSA) is 61.4 Å².